The molecule has 0 fully saturated rings. The molecule has 0 saturated heterocycles. The van der Waals surface area contributed by atoms with Crippen LogP contribution in [-0.2, 0) is 30.4 Å². The first-order valence-electron chi connectivity index (χ1n) is 8.12. The van der Waals surface area contributed by atoms with Crippen molar-refractivity contribution < 1.29 is 22.5 Å². The van der Waals surface area contributed by atoms with Gasteiger partial charge in [-0.1, -0.05) is 24.2 Å². The van der Waals surface area contributed by atoms with Crippen LogP contribution in [0.1, 0.15) is 49.0 Å². The fourth-order valence-electron chi connectivity index (χ4n) is 2.22. The lowest BCUT2D eigenvalue weighted by molar-refractivity contribution is -0.137. The van der Waals surface area contributed by atoms with E-state index in [-0.39, 0.29) is 18.9 Å². The molecule has 0 atom stereocenters. The summed E-state index contributed by atoms with van der Waals surface area (Å²) in [4.78, 5) is 16.0. The van der Waals surface area contributed by atoms with Gasteiger partial charge in [-0.25, -0.2) is 0 Å². The van der Waals surface area contributed by atoms with Gasteiger partial charge in [-0.2, -0.15) is 18.2 Å². The molecule has 0 aliphatic rings. The zero-order chi connectivity index (χ0) is 18.3. The second-order valence-corrected chi connectivity index (χ2v) is 5.68. The molecule has 25 heavy (non-hydrogen) atoms. The number of amides is 1. The Balaban J connectivity index is 1.69. The van der Waals surface area contributed by atoms with E-state index < -0.39 is 11.7 Å². The van der Waals surface area contributed by atoms with Gasteiger partial charge in [0, 0.05) is 25.8 Å². The Morgan fingerprint density at radius 3 is 2.56 bits per heavy atom. The molecular formula is C17H20F3N3O2. The Bertz CT molecular complexity index is 681. The third-order valence-corrected chi connectivity index (χ3v) is 3.55. The van der Waals surface area contributed by atoms with Gasteiger partial charge in [0.2, 0.25) is 11.8 Å². The smallest absolute Gasteiger partial charge is 0.352 e. The standard InChI is InChI=1S/C17H20F3N3O2/c1-2-4-14-22-16(25-23-14)6-3-5-15(24)21-11-12-7-9-13(10-8-12)17(18,19)20/h7-10H,2-6,11H2,1H3,(H,21,24). The summed E-state index contributed by atoms with van der Waals surface area (Å²) in [7, 11) is 0. The molecule has 1 aromatic carbocycles. The average molecular weight is 355 g/mol. The molecule has 136 valence electrons. The Morgan fingerprint density at radius 2 is 1.92 bits per heavy atom. The summed E-state index contributed by atoms with van der Waals surface area (Å²) >= 11 is 0. The second kappa shape index (κ2) is 8.64. The summed E-state index contributed by atoms with van der Waals surface area (Å²) in [6, 6.07) is 4.73. The van der Waals surface area contributed by atoms with Gasteiger partial charge in [0.15, 0.2) is 5.82 Å². The van der Waals surface area contributed by atoms with E-state index in [0.717, 1.165) is 25.0 Å². The molecule has 2 rings (SSSR count). The van der Waals surface area contributed by atoms with Gasteiger partial charge in [0.1, 0.15) is 0 Å². The maximum absolute atomic E-state index is 12.5. The monoisotopic (exact) mass is 355 g/mol. The van der Waals surface area contributed by atoms with Crippen LogP contribution in [-0.4, -0.2) is 16.0 Å². The molecule has 1 amide bonds. The van der Waals surface area contributed by atoms with Crippen LogP contribution in [0.3, 0.4) is 0 Å². The molecule has 1 N–H and O–H groups in total. The first-order chi connectivity index (χ1) is 11.9. The van der Waals surface area contributed by atoms with Crippen LogP contribution < -0.4 is 5.32 Å². The number of nitrogens with zero attached hydrogens (tertiary/aromatic N) is 2. The fraction of sp³-hybridized carbons (Fsp3) is 0.471. The Morgan fingerprint density at radius 1 is 1.20 bits per heavy atom. The second-order valence-electron chi connectivity index (χ2n) is 5.68. The molecular weight excluding hydrogens is 335 g/mol. The van der Waals surface area contributed by atoms with Gasteiger partial charge in [0.25, 0.3) is 0 Å². The molecule has 0 saturated carbocycles. The number of halogens is 3. The van der Waals surface area contributed by atoms with Crippen LogP contribution in [0.15, 0.2) is 28.8 Å². The van der Waals surface area contributed by atoms with E-state index in [1.165, 1.54) is 12.1 Å². The third-order valence-electron chi connectivity index (χ3n) is 3.55. The Hall–Kier alpha value is -2.38. The molecule has 0 aliphatic carbocycles. The minimum Gasteiger partial charge on any atom is -0.352 e. The van der Waals surface area contributed by atoms with Gasteiger partial charge in [0.05, 0.1) is 5.56 Å². The number of carbonyl (C=O) groups is 1. The zero-order valence-corrected chi connectivity index (χ0v) is 13.9. The van der Waals surface area contributed by atoms with Gasteiger partial charge < -0.3 is 9.84 Å². The van der Waals surface area contributed by atoms with Gasteiger partial charge in [-0.15, -0.1) is 0 Å². The normalized spacial score (nSPS) is 11.5. The van der Waals surface area contributed by atoms with Crippen LogP contribution in [0.25, 0.3) is 0 Å². The van der Waals surface area contributed by atoms with Crippen molar-refractivity contribution in [3.05, 3.63) is 47.1 Å². The predicted molar refractivity (Wildman–Crippen MR) is 84.5 cm³/mol. The first-order valence-corrected chi connectivity index (χ1v) is 8.12. The van der Waals surface area contributed by atoms with Crippen molar-refractivity contribution >= 4 is 5.91 Å². The summed E-state index contributed by atoms with van der Waals surface area (Å²) in [6.45, 7) is 2.22. The molecule has 1 heterocycles. The molecule has 1 aromatic heterocycles. The number of alkyl halides is 3. The molecule has 0 spiro atoms. The lowest BCUT2D eigenvalue weighted by Crippen LogP contribution is -2.22. The van der Waals surface area contributed by atoms with Crippen LogP contribution in [0, 0.1) is 0 Å². The van der Waals surface area contributed by atoms with E-state index in [1.807, 2.05) is 6.92 Å². The van der Waals surface area contributed by atoms with Crippen LogP contribution in [0.5, 0.6) is 0 Å². The summed E-state index contributed by atoms with van der Waals surface area (Å²) in [5.74, 6) is 1.01. The van der Waals surface area contributed by atoms with E-state index in [9.17, 15) is 18.0 Å². The zero-order valence-electron chi connectivity index (χ0n) is 13.9. The fourth-order valence-corrected chi connectivity index (χ4v) is 2.22. The minimum absolute atomic E-state index is 0.173. The van der Waals surface area contributed by atoms with E-state index in [0.29, 0.717) is 30.1 Å². The quantitative estimate of drug-likeness (QED) is 0.784. The van der Waals surface area contributed by atoms with Gasteiger partial charge in [-0.05, 0) is 30.5 Å². The van der Waals surface area contributed by atoms with Crippen molar-refractivity contribution in [2.45, 2.75) is 51.7 Å². The van der Waals surface area contributed by atoms with Crippen LogP contribution in [0.2, 0.25) is 0 Å². The number of nitrogens with one attached hydrogen (secondary N) is 1. The number of hydrogen-bond donors (Lipinski definition) is 1. The van der Waals surface area contributed by atoms with E-state index in [4.69, 9.17) is 4.52 Å². The number of aromatic nitrogens is 2. The van der Waals surface area contributed by atoms with Crippen LogP contribution >= 0.6 is 0 Å². The molecule has 5 nitrogen and oxygen atoms in total. The number of carbonyl (C=O) groups excluding carboxylic acids is 1. The summed E-state index contributed by atoms with van der Waals surface area (Å²) in [6.07, 6.45) is -1.29. The molecule has 0 bridgehead atoms. The van der Waals surface area contributed by atoms with Gasteiger partial charge >= 0.3 is 6.18 Å². The first kappa shape index (κ1) is 19.0. The summed E-state index contributed by atoms with van der Waals surface area (Å²) in [5, 5.41) is 6.52. The van der Waals surface area contributed by atoms with E-state index in [2.05, 4.69) is 15.5 Å². The minimum atomic E-state index is -4.35. The highest BCUT2D eigenvalue weighted by Gasteiger charge is 2.29. The maximum Gasteiger partial charge on any atom is 0.416 e. The van der Waals surface area contributed by atoms with Crippen molar-refractivity contribution in [3.63, 3.8) is 0 Å². The number of rotatable bonds is 8. The van der Waals surface area contributed by atoms with Crippen molar-refractivity contribution in [1.82, 2.24) is 15.5 Å². The van der Waals surface area contributed by atoms with Crippen molar-refractivity contribution in [1.29, 1.82) is 0 Å². The number of aryl methyl sites for hydroxylation is 2. The molecule has 0 radical (unpaired) electrons. The van der Waals surface area contributed by atoms with Crippen molar-refractivity contribution in [2.24, 2.45) is 0 Å². The highest BCUT2D eigenvalue weighted by Crippen LogP contribution is 2.29. The summed E-state index contributed by atoms with van der Waals surface area (Å²) < 4.78 is 42.5. The Kier molecular flexibility index (Phi) is 6.55. The molecule has 0 aliphatic heterocycles. The largest absolute Gasteiger partial charge is 0.416 e. The third kappa shape index (κ3) is 6.21. The predicted octanol–water partition coefficient (Wildman–Crippen LogP) is 3.68. The number of hydrogen-bond acceptors (Lipinski definition) is 4. The highest BCUT2D eigenvalue weighted by atomic mass is 19.4. The average Bonchev–Trinajstić information content (AvgIpc) is 3.00. The lowest BCUT2D eigenvalue weighted by Gasteiger charge is -2.08. The molecule has 8 heteroatoms. The Labute approximate surface area is 143 Å². The molecule has 2 aromatic rings. The van der Waals surface area contributed by atoms with Crippen molar-refractivity contribution in [3.8, 4) is 0 Å². The van der Waals surface area contributed by atoms with Gasteiger partial charge in [-0.3, -0.25) is 4.79 Å². The van der Waals surface area contributed by atoms with E-state index in [1.54, 1.807) is 0 Å². The summed E-state index contributed by atoms with van der Waals surface area (Å²) in [5.41, 5.74) is -0.0907. The van der Waals surface area contributed by atoms with Crippen molar-refractivity contribution in [2.75, 3.05) is 0 Å². The molecule has 0 unspecified atom stereocenters. The lowest BCUT2D eigenvalue weighted by atomic mass is 10.1. The number of benzene rings is 1. The topological polar surface area (TPSA) is 68.0 Å². The maximum atomic E-state index is 12.5. The highest BCUT2D eigenvalue weighted by molar-refractivity contribution is 5.75. The van der Waals surface area contributed by atoms with Crippen LogP contribution in [0.4, 0.5) is 13.2 Å². The SMILES string of the molecule is CCCc1noc(CCCC(=O)NCc2ccc(C(F)(F)F)cc2)n1. The van der Waals surface area contributed by atoms with E-state index >= 15 is 0 Å².